The normalized spacial score (nSPS) is 14.2. The van der Waals surface area contributed by atoms with E-state index in [4.69, 9.17) is 23.1 Å². The minimum absolute atomic E-state index is 0.0845. The molecule has 0 saturated heterocycles. The maximum absolute atomic E-state index is 13.6. The summed E-state index contributed by atoms with van der Waals surface area (Å²) in [5, 5.41) is 0. The minimum atomic E-state index is -4.35. The molecule has 0 saturated carbocycles. The van der Waals surface area contributed by atoms with E-state index >= 15 is 0 Å². The third-order valence-corrected chi connectivity index (χ3v) is 10.2. The molecule has 0 amide bonds. The van der Waals surface area contributed by atoms with Gasteiger partial charge in [-0.25, -0.2) is 8.42 Å². The first-order valence-electron chi connectivity index (χ1n) is 14.6. The van der Waals surface area contributed by atoms with Crippen molar-refractivity contribution in [2.45, 2.75) is 138 Å². The number of alkyl halides is 1. The van der Waals surface area contributed by atoms with Crippen LogP contribution in [0.4, 0.5) is 0 Å². The summed E-state index contributed by atoms with van der Waals surface area (Å²) in [4.78, 5) is 26.2. The molecule has 2 atom stereocenters. The van der Waals surface area contributed by atoms with Crippen LogP contribution in [-0.2, 0) is 19.4 Å². The average molecular weight is 571 g/mol. The molecular formula is C30H51ClN2O4S. The number of hydrogen-bond donors (Lipinski definition) is 2. The zero-order chi connectivity index (χ0) is 28.4. The van der Waals surface area contributed by atoms with Crippen LogP contribution < -0.4 is 11.5 Å². The van der Waals surface area contributed by atoms with Crippen molar-refractivity contribution < 1.29 is 18.0 Å². The number of sulfone groups is 1. The van der Waals surface area contributed by atoms with E-state index in [0.29, 0.717) is 25.8 Å². The monoisotopic (exact) mass is 570 g/mol. The number of Topliss-reactive ketones (excluding diaryl/α,β-unsaturated/α-hetero) is 2. The minimum Gasteiger partial charge on any atom is -0.330 e. The molecule has 8 heteroatoms. The van der Waals surface area contributed by atoms with E-state index in [9.17, 15) is 18.0 Å². The molecule has 0 aliphatic carbocycles. The van der Waals surface area contributed by atoms with Gasteiger partial charge >= 0.3 is 0 Å². The van der Waals surface area contributed by atoms with Crippen molar-refractivity contribution in [1.82, 2.24) is 0 Å². The van der Waals surface area contributed by atoms with Crippen molar-refractivity contribution in [1.29, 1.82) is 0 Å². The van der Waals surface area contributed by atoms with Crippen molar-refractivity contribution in [2.75, 3.05) is 6.54 Å². The van der Waals surface area contributed by atoms with Gasteiger partial charge in [-0.05, 0) is 44.9 Å². The maximum atomic E-state index is 13.6. The molecule has 1 aromatic carbocycles. The lowest BCUT2D eigenvalue weighted by Gasteiger charge is -2.28. The number of carbonyl (C=O) groups excluding carboxylic acids is 2. The molecule has 0 aliphatic heterocycles. The molecule has 0 aromatic heterocycles. The Bertz CT molecular complexity index is 921. The predicted molar refractivity (Wildman–Crippen MR) is 158 cm³/mol. The molecule has 0 spiro atoms. The second-order valence-corrected chi connectivity index (χ2v) is 13.7. The molecule has 38 heavy (non-hydrogen) atoms. The summed E-state index contributed by atoms with van der Waals surface area (Å²) in [6, 6.07) is 5.04. The van der Waals surface area contributed by atoms with Gasteiger partial charge in [-0.15, -0.1) is 0 Å². The molecule has 6 nitrogen and oxygen atoms in total. The lowest BCUT2D eigenvalue weighted by molar-refractivity contribution is -0.125. The fraction of sp³-hybridized carbons (Fsp3) is 0.733. The Morgan fingerprint density at radius 2 is 1.34 bits per heavy atom. The Balaban J connectivity index is 2.67. The summed E-state index contributed by atoms with van der Waals surface area (Å²) in [7, 11) is -4.35. The highest BCUT2D eigenvalue weighted by Crippen LogP contribution is 2.36. The smallest absolute Gasteiger partial charge is 0.216 e. The Kier molecular flexibility index (Phi) is 17.3. The molecular weight excluding hydrogens is 520 g/mol. The summed E-state index contributed by atoms with van der Waals surface area (Å²) in [6.07, 6.45) is 15.2. The van der Waals surface area contributed by atoms with Crippen molar-refractivity contribution in [3.05, 3.63) is 29.8 Å². The van der Waals surface area contributed by atoms with Gasteiger partial charge in [-0.2, -0.15) is 0 Å². The Morgan fingerprint density at radius 1 is 0.842 bits per heavy atom. The van der Waals surface area contributed by atoms with Crippen LogP contribution in [-0.4, -0.2) is 36.8 Å². The second kappa shape index (κ2) is 18.9. The fourth-order valence-corrected chi connectivity index (χ4v) is 6.83. The van der Waals surface area contributed by atoms with Gasteiger partial charge in [0.2, 0.25) is 14.0 Å². The summed E-state index contributed by atoms with van der Waals surface area (Å²) in [5.74, 6) is -1.15. The third-order valence-electron chi connectivity index (χ3n) is 7.16. The zero-order valence-corrected chi connectivity index (χ0v) is 25.3. The largest absolute Gasteiger partial charge is 0.330 e. The van der Waals surface area contributed by atoms with Crippen LogP contribution >= 0.6 is 11.6 Å². The van der Waals surface area contributed by atoms with Crippen molar-refractivity contribution >= 4 is 33.0 Å². The molecule has 1 aromatic rings. The Labute approximate surface area is 236 Å². The topological polar surface area (TPSA) is 120 Å². The first-order chi connectivity index (χ1) is 18.1. The van der Waals surface area contributed by atoms with Gasteiger partial charge in [0, 0.05) is 12.8 Å². The highest BCUT2D eigenvalue weighted by molar-refractivity contribution is 7.95. The van der Waals surface area contributed by atoms with Gasteiger partial charge in [0.1, 0.15) is 5.78 Å². The number of hydrogen-bond acceptors (Lipinski definition) is 6. The van der Waals surface area contributed by atoms with E-state index in [1.54, 1.807) is 12.1 Å². The lowest BCUT2D eigenvalue weighted by atomic mass is 9.98. The molecule has 1 unspecified atom stereocenters. The SMILES string of the molecule is CCCCCCCCCCCCCCC(=O)CC(Cl)(C(=O)[C@@H](N)CCCCN)S(=O)(=O)c1ccc(C)cc1. The number of unbranched alkanes of at least 4 members (excludes halogenated alkanes) is 12. The number of carbonyl (C=O) groups is 2. The van der Waals surface area contributed by atoms with Gasteiger partial charge in [0.25, 0.3) is 0 Å². The van der Waals surface area contributed by atoms with Crippen LogP contribution in [0.25, 0.3) is 0 Å². The molecule has 0 bridgehead atoms. The van der Waals surface area contributed by atoms with E-state index in [1.807, 2.05) is 6.92 Å². The van der Waals surface area contributed by atoms with Crippen LogP contribution in [0.1, 0.15) is 122 Å². The Morgan fingerprint density at radius 3 is 1.84 bits per heavy atom. The maximum Gasteiger partial charge on any atom is 0.216 e. The van der Waals surface area contributed by atoms with Crippen molar-refractivity contribution in [3.8, 4) is 0 Å². The van der Waals surface area contributed by atoms with E-state index < -0.39 is 32.3 Å². The standard InChI is InChI=1S/C30H51ClN2O4S/c1-3-4-5-6-7-8-9-10-11-12-13-14-17-26(34)24-30(31,29(35)28(33)18-15-16-23-32)38(36,37)27-21-19-25(2)20-22-27/h19-22,28H,3-18,23-24,32-33H2,1-2H3/t28-,30?/m0/s1. The van der Waals surface area contributed by atoms with Crippen LogP contribution in [0.3, 0.4) is 0 Å². The van der Waals surface area contributed by atoms with E-state index in [0.717, 1.165) is 24.8 Å². The zero-order valence-electron chi connectivity index (χ0n) is 23.7. The number of ketones is 2. The molecule has 0 aliphatic rings. The Hall–Kier alpha value is -1.28. The fourth-order valence-electron chi connectivity index (χ4n) is 4.64. The molecule has 0 fully saturated rings. The first-order valence-corrected chi connectivity index (χ1v) is 16.5. The van der Waals surface area contributed by atoms with Gasteiger partial charge < -0.3 is 11.5 Å². The molecule has 4 N–H and O–H groups in total. The van der Waals surface area contributed by atoms with E-state index in [-0.39, 0.29) is 23.5 Å². The van der Waals surface area contributed by atoms with Crippen molar-refractivity contribution in [3.63, 3.8) is 0 Å². The highest BCUT2D eigenvalue weighted by Gasteiger charge is 2.52. The lowest BCUT2D eigenvalue weighted by Crippen LogP contribution is -2.51. The number of benzene rings is 1. The van der Waals surface area contributed by atoms with Crippen LogP contribution in [0.15, 0.2) is 29.2 Å². The number of halogens is 1. The molecule has 0 radical (unpaired) electrons. The van der Waals surface area contributed by atoms with E-state index in [1.165, 1.54) is 63.5 Å². The van der Waals surface area contributed by atoms with E-state index in [2.05, 4.69) is 6.92 Å². The first kappa shape index (κ1) is 34.7. The average Bonchev–Trinajstić information content (AvgIpc) is 2.89. The summed E-state index contributed by atoms with van der Waals surface area (Å²) < 4.78 is 24.7. The molecule has 218 valence electrons. The van der Waals surface area contributed by atoms with Crippen LogP contribution in [0, 0.1) is 6.92 Å². The van der Waals surface area contributed by atoms with Crippen molar-refractivity contribution in [2.24, 2.45) is 11.5 Å². The third kappa shape index (κ3) is 11.8. The van der Waals surface area contributed by atoms with Crippen LogP contribution in [0.5, 0.6) is 0 Å². The van der Waals surface area contributed by atoms with Gasteiger partial charge in [0.05, 0.1) is 10.9 Å². The summed E-state index contributed by atoms with van der Waals surface area (Å²) in [6.45, 7) is 4.52. The van der Waals surface area contributed by atoms with Gasteiger partial charge in [-0.3, -0.25) is 9.59 Å². The highest BCUT2D eigenvalue weighted by atomic mass is 35.5. The number of aryl methyl sites for hydroxylation is 1. The number of nitrogens with two attached hydrogens (primary N) is 2. The number of rotatable bonds is 23. The summed E-state index contributed by atoms with van der Waals surface area (Å²) in [5.41, 5.74) is 12.5. The van der Waals surface area contributed by atoms with Gasteiger partial charge in [0.15, 0.2) is 5.78 Å². The molecule has 1 rings (SSSR count). The predicted octanol–water partition coefficient (Wildman–Crippen LogP) is 6.78. The summed E-state index contributed by atoms with van der Waals surface area (Å²) >= 11 is 6.65. The quantitative estimate of drug-likeness (QED) is 0.110. The van der Waals surface area contributed by atoms with Crippen LogP contribution in [0.2, 0.25) is 0 Å². The second-order valence-electron chi connectivity index (χ2n) is 10.7. The van der Waals surface area contributed by atoms with Gasteiger partial charge in [-0.1, -0.05) is 113 Å². The molecule has 0 heterocycles.